The first-order chi connectivity index (χ1) is 8.58. The van der Waals surface area contributed by atoms with E-state index >= 15 is 0 Å². The third kappa shape index (κ3) is 2.81. The van der Waals surface area contributed by atoms with Crippen molar-refractivity contribution in [3.63, 3.8) is 0 Å². The molecule has 0 heterocycles. The van der Waals surface area contributed by atoms with E-state index in [1.165, 1.54) is 0 Å². The first-order valence-corrected chi connectivity index (χ1v) is 6.19. The van der Waals surface area contributed by atoms with E-state index in [9.17, 15) is 0 Å². The third-order valence-electron chi connectivity index (χ3n) is 2.52. The van der Waals surface area contributed by atoms with Crippen LogP contribution in [0.1, 0.15) is 11.1 Å². The zero-order chi connectivity index (χ0) is 13.1. The number of nitrogens with two attached hydrogens (primary N) is 1. The summed E-state index contributed by atoms with van der Waals surface area (Å²) in [6.07, 6.45) is 0. The Morgan fingerprint density at radius 2 is 1.89 bits per heavy atom. The molecule has 0 saturated carbocycles. The number of benzene rings is 2. The van der Waals surface area contributed by atoms with E-state index in [0.717, 1.165) is 11.3 Å². The summed E-state index contributed by atoms with van der Waals surface area (Å²) in [6, 6.07) is 13.0. The van der Waals surface area contributed by atoms with Gasteiger partial charge in [-0.1, -0.05) is 42.0 Å². The van der Waals surface area contributed by atoms with Crippen LogP contribution in [0.15, 0.2) is 42.5 Å². The summed E-state index contributed by atoms with van der Waals surface area (Å²) >= 11 is 10.9. The van der Waals surface area contributed by atoms with Gasteiger partial charge in [0, 0.05) is 5.02 Å². The zero-order valence-corrected chi connectivity index (χ0v) is 11.4. The topological polar surface area (TPSA) is 35.2 Å². The Hall–Kier alpha value is -1.58. The third-order valence-corrected chi connectivity index (χ3v) is 2.98. The molecule has 2 rings (SSSR count). The standard InChI is InChI=1S/C14H12ClNOS/c1-9-4-2-3-5-12(9)17-13-7-6-10(15)8-11(13)14(16)18/h2-8H,1H3,(H2,16,18). The van der Waals surface area contributed by atoms with Gasteiger partial charge >= 0.3 is 0 Å². The summed E-state index contributed by atoms with van der Waals surface area (Å²) in [5.41, 5.74) is 7.35. The number of para-hydroxylation sites is 1. The van der Waals surface area contributed by atoms with Crippen molar-refractivity contribution in [2.75, 3.05) is 0 Å². The van der Waals surface area contributed by atoms with E-state index in [1.807, 2.05) is 31.2 Å². The molecule has 4 heteroatoms. The molecule has 2 aromatic rings. The van der Waals surface area contributed by atoms with Gasteiger partial charge in [-0.05, 0) is 36.8 Å². The summed E-state index contributed by atoms with van der Waals surface area (Å²) in [7, 11) is 0. The lowest BCUT2D eigenvalue weighted by Gasteiger charge is -2.12. The van der Waals surface area contributed by atoms with Gasteiger partial charge in [0.05, 0.1) is 5.56 Å². The SMILES string of the molecule is Cc1ccccc1Oc1ccc(Cl)cc1C(N)=S. The maximum absolute atomic E-state index is 5.92. The average Bonchev–Trinajstić information content (AvgIpc) is 2.34. The normalized spacial score (nSPS) is 10.1. The van der Waals surface area contributed by atoms with E-state index in [0.29, 0.717) is 16.3 Å². The molecule has 2 aromatic carbocycles. The molecule has 0 aliphatic heterocycles. The van der Waals surface area contributed by atoms with Crippen molar-refractivity contribution < 1.29 is 4.74 Å². The number of thiocarbonyl (C=S) groups is 1. The highest BCUT2D eigenvalue weighted by Gasteiger charge is 2.09. The summed E-state index contributed by atoms with van der Waals surface area (Å²) < 4.78 is 5.83. The molecule has 18 heavy (non-hydrogen) atoms. The van der Waals surface area contributed by atoms with Crippen molar-refractivity contribution >= 4 is 28.8 Å². The number of hydrogen-bond acceptors (Lipinski definition) is 2. The lowest BCUT2D eigenvalue weighted by atomic mass is 10.2. The summed E-state index contributed by atoms with van der Waals surface area (Å²) in [5.74, 6) is 1.39. The van der Waals surface area contributed by atoms with Crippen molar-refractivity contribution in [3.8, 4) is 11.5 Å². The minimum absolute atomic E-state index is 0.265. The number of ether oxygens (including phenoxy) is 1. The van der Waals surface area contributed by atoms with Crippen molar-refractivity contribution in [1.29, 1.82) is 0 Å². The van der Waals surface area contributed by atoms with Crippen LogP contribution in [0.4, 0.5) is 0 Å². The van der Waals surface area contributed by atoms with Gasteiger partial charge < -0.3 is 10.5 Å². The number of halogens is 1. The Balaban J connectivity index is 2.41. The van der Waals surface area contributed by atoms with Crippen LogP contribution in [0.5, 0.6) is 11.5 Å². The van der Waals surface area contributed by atoms with Gasteiger partial charge in [-0.15, -0.1) is 0 Å². The first kappa shape index (κ1) is 12.9. The minimum Gasteiger partial charge on any atom is -0.456 e. The smallest absolute Gasteiger partial charge is 0.137 e. The number of rotatable bonds is 3. The van der Waals surface area contributed by atoms with E-state index in [2.05, 4.69) is 0 Å². The van der Waals surface area contributed by atoms with Gasteiger partial charge in [0.15, 0.2) is 0 Å². The fourth-order valence-electron chi connectivity index (χ4n) is 1.57. The fourth-order valence-corrected chi connectivity index (χ4v) is 1.90. The van der Waals surface area contributed by atoms with Crippen LogP contribution in [-0.2, 0) is 0 Å². The zero-order valence-electron chi connectivity index (χ0n) is 9.81. The molecule has 0 aromatic heterocycles. The van der Waals surface area contributed by atoms with Gasteiger partial charge in [0.2, 0.25) is 0 Å². The van der Waals surface area contributed by atoms with Gasteiger partial charge in [0.1, 0.15) is 16.5 Å². The summed E-state index contributed by atoms with van der Waals surface area (Å²) in [6.45, 7) is 1.98. The van der Waals surface area contributed by atoms with Crippen LogP contribution in [-0.4, -0.2) is 4.99 Å². The number of hydrogen-bond donors (Lipinski definition) is 1. The Morgan fingerprint density at radius 1 is 1.17 bits per heavy atom. The fraction of sp³-hybridized carbons (Fsp3) is 0.0714. The largest absolute Gasteiger partial charge is 0.456 e. The molecule has 2 nitrogen and oxygen atoms in total. The highest BCUT2D eigenvalue weighted by atomic mass is 35.5. The Labute approximate surface area is 116 Å². The van der Waals surface area contributed by atoms with Gasteiger partial charge in [-0.3, -0.25) is 0 Å². The molecule has 0 atom stereocenters. The van der Waals surface area contributed by atoms with Gasteiger partial charge in [-0.25, -0.2) is 0 Å². The molecule has 0 bridgehead atoms. The highest BCUT2D eigenvalue weighted by molar-refractivity contribution is 7.80. The maximum Gasteiger partial charge on any atom is 0.137 e. The van der Waals surface area contributed by atoms with Gasteiger partial charge in [-0.2, -0.15) is 0 Å². The second-order valence-electron chi connectivity index (χ2n) is 3.87. The highest BCUT2D eigenvalue weighted by Crippen LogP contribution is 2.29. The quantitative estimate of drug-likeness (QED) is 0.859. The van der Waals surface area contributed by atoms with Crippen LogP contribution in [0.3, 0.4) is 0 Å². The molecule has 0 saturated heterocycles. The lowest BCUT2D eigenvalue weighted by molar-refractivity contribution is 0.478. The second kappa shape index (κ2) is 5.38. The molecule has 92 valence electrons. The average molecular weight is 278 g/mol. The van der Waals surface area contributed by atoms with Crippen LogP contribution < -0.4 is 10.5 Å². The molecule has 0 radical (unpaired) electrons. The summed E-state index contributed by atoms with van der Waals surface area (Å²) in [5, 5.41) is 0.579. The number of aryl methyl sites for hydroxylation is 1. The molecule has 0 amide bonds. The predicted molar refractivity (Wildman–Crippen MR) is 78.6 cm³/mol. The van der Waals surface area contributed by atoms with Crippen molar-refractivity contribution in [2.24, 2.45) is 5.73 Å². The molecular weight excluding hydrogens is 266 g/mol. The Morgan fingerprint density at radius 3 is 2.56 bits per heavy atom. The Kier molecular flexibility index (Phi) is 3.84. The molecule has 0 aliphatic carbocycles. The van der Waals surface area contributed by atoms with Crippen LogP contribution in [0.2, 0.25) is 5.02 Å². The van der Waals surface area contributed by atoms with E-state index < -0.39 is 0 Å². The Bertz CT molecular complexity index is 598. The molecule has 0 fully saturated rings. The second-order valence-corrected chi connectivity index (χ2v) is 4.75. The predicted octanol–water partition coefficient (Wildman–Crippen LogP) is 4.07. The summed E-state index contributed by atoms with van der Waals surface area (Å²) in [4.78, 5) is 0.265. The molecular formula is C14H12ClNOS. The van der Waals surface area contributed by atoms with E-state index in [1.54, 1.807) is 18.2 Å². The lowest BCUT2D eigenvalue weighted by Crippen LogP contribution is -2.10. The maximum atomic E-state index is 5.92. The van der Waals surface area contributed by atoms with E-state index in [4.69, 9.17) is 34.3 Å². The van der Waals surface area contributed by atoms with Crippen LogP contribution in [0.25, 0.3) is 0 Å². The van der Waals surface area contributed by atoms with Gasteiger partial charge in [0.25, 0.3) is 0 Å². The first-order valence-electron chi connectivity index (χ1n) is 5.41. The van der Waals surface area contributed by atoms with Crippen LogP contribution >= 0.6 is 23.8 Å². The van der Waals surface area contributed by atoms with E-state index in [-0.39, 0.29) is 4.99 Å². The monoisotopic (exact) mass is 277 g/mol. The van der Waals surface area contributed by atoms with Crippen molar-refractivity contribution in [3.05, 3.63) is 58.6 Å². The molecule has 0 spiro atoms. The van der Waals surface area contributed by atoms with Crippen LogP contribution in [0, 0.1) is 6.92 Å². The molecule has 2 N–H and O–H groups in total. The molecule has 0 unspecified atom stereocenters. The van der Waals surface area contributed by atoms with Crippen molar-refractivity contribution in [1.82, 2.24) is 0 Å². The minimum atomic E-state index is 0.265. The molecule has 0 aliphatic rings. The van der Waals surface area contributed by atoms with Crippen molar-refractivity contribution in [2.45, 2.75) is 6.92 Å².